The van der Waals surface area contributed by atoms with Crippen molar-refractivity contribution in [2.45, 2.75) is 45.3 Å². The molecule has 0 radical (unpaired) electrons. The molecule has 0 bridgehead atoms. The Kier molecular flexibility index (Phi) is 9.70. The van der Waals surface area contributed by atoms with E-state index in [2.05, 4.69) is 27.9 Å². The molecule has 3 aliphatic heterocycles. The van der Waals surface area contributed by atoms with Crippen LogP contribution in [0.1, 0.15) is 65.3 Å². The van der Waals surface area contributed by atoms with Crippen molar-refractivity contribution in [3.05, 3.63) is 105 Å². The zero-order chi connectivity index (χ0) is 33.1. The summed E-state index contributed by atoms with van der Waals surface area (Å²) in [7, 11) is 0. The molecule has 11 heteroatoms. The van der Waals surface area contributed by atoms with E-state index in [1.165, 1.54) is 22.6 Å². The van der Waals surface area contributed by atoms with Crippen molar-refractivity contribution in [3.63, 3.8) is 0 Å². The summed E-state index contributed by atoms with van der Waals surface area (Å²) in [6, 6.07) is 15.9. The zero-order valence-electron chi connectivity index (χ0n) is 26.2. The van der Waals surface area contributed by atoms with Gasteiger partial charge in [-0.3, -0.25) is 9.59 Å². The summed E-state index contributed by atoms with van der Waals surface area (Å²) < 4.78 is 20.1. The highest BCUT2D eigenvalue weighted by Crippen LogP contribution is 2.37. The van der Waals surface area contributed by atoms with Gasteiger partial charge >= 0.3 is 5.97 Å². The smallest absolute Gasteiger partial charge is 0.338 e. The zero-order valence-corrected chi connectivity index (χ0v) is 27.0. The number of hydrogen-bond donors (Lipinski definition) is 2. The molecule has 3 aliphatic rings. The quantitative estimate of drug-likeness (QED) is 0.291. The van der Waals surface area contributed by atoms with Gasteiger partial charge in [0.2, 0.25) is 6.10 Å². The third-order valence-electron chi connectivity index (χ3n) is 8.51. The monoisotopic (exact) mass is 658 g/mol. The van der Waals surface area contributed by atoms with Crippen LogP contribution in [-0.4, -0.2) is 60.7 Å². The number of ether oxygens (including phenoxy) is 1. The Labute approximate surface area is 277 Å². The van der Waals surface area contributed by atoms with E-state index in [4.69, 9.17) is 21.2 Å². The minimum atomic E-state index is -1.04. The van der Waals surface area contributed by atoms with Gasteiger partial charge in [0.15, 0.2) is 5.82 Å². The summed E-state index contributed by atoms with van der Waals surface area (Å²) in [6.07, 6.45) is 2.56. The highest BCUT2D eigenvalue weighted by molar-refractivity contribution is 6.31. The van der Waals surface area contributed by atoms with E-state index in [0.717, 1.165) is 36.2 Å². The van der Waals surface area contributed by atoms with Crippen LogP contribution < -0.4 is 10.6 Å². The fourth-order valence-corrected chi connectivity index (χ4v) is 6.34. The molecule has 0 unspecified atom stereocenters. The Morgan fingerprint density at radius 1 is 1.09 bits per heavy atom. The number of halogens is 2. The number of amides is 2. The molecule has 244 valence electrons. The number of rotatable bonds is 8. The van der Waals surface area contributed by atoms with Crippen molar-refractivity contribution in [1.82, 2.24) is 10.2 Å². The first-order valence-corrected chi connectivity index (χ1v) is 16.2. The summed E-state index contributed by atoms with van der Waals surface area (Å²) in [4.78, 5) is 47.7. The second-order valence-corrected chi connectivity index (χ2v) is 12.6. The van der Waals surface area contributed by atoms with Gasteiger partial charge < -0.3 is 25.1 Å². The number of esters is 1. The predicted octanol–water partition coefficient (Wildman–Crippen LogP) is 5.93. The predicted molar refractivity (Wildman–Crippen MR) is 178 cm³/mol. The Hall–Kier alpha value is -4.54. The first kappa shape index (κ1) is 32.4. The number of anilines is 1. The largest absolute Gasteiger partial charge is 0.462 e. The van der Waals surface area contributed by atoms with Crippen LogP contribution in [0.2, 0.25) is 5.02 Å². The van der Waals surface area contributed by atoms with Gasteiger partial charge in [-0.25, -0.2) is 9.18 Å². The maximum absolute atomic E-state index is 14.8. The van der Waals surface area contributed by atoms with E-state index in [0.29, 0.717) is 24.3 Å². The molecule has 0 aliphatic carbocycles. The van der Waals surface area contributed by atoms with Crippen LogP contribution in [0.4, 0.5) is 10.1 Å². The molecule has 2 N–H and O–H groups in total. The number of hydrogen-bond acceptors (Lipinski definition) is 7. The van der Waals surface area contributed by atoms with Crippen LogP contribution in [0.5, 0.6) is 0 Å². The van der Waals surface area contributed by atoms with E-state index < -0.39 is 35.7 Å². The van der Waals surface area contributed by atoms with Crippen molar-refractivity contribution < 1.29 is 28.3 Å². The van der Waals surface area contributed by atoms with Crippen molar-refractivity contribution in [1.29, 1.82) is 0 Å². The molecule has 0 aromatic heterocycles. The average molecular weight is 659 g/mol. The summed E-state index contributed by atoms with van der Waals surface area (Å²) in [5.41, 5.74) is 5.32. The molecular formula is C36H36ClFN4O5. The maximum atomic E-state index is 14.8. The molecule has 2 atom stereocenters. The Bertz CT molecular complexity index is 1760. The summed E-state index contributed by atoms with van der Waals surface area (Å²) in [5, 5.41) is 10.3. The van der Waals surface area contributed by atoms with E-state index in [1.54, 1.807) is 30.3 Å². The number of carbonyl (C=O) groups is 3. The van der Waals surface area contributed by atoms with E-state index in [1.807, 2.05) is 26.0 Å². The first-order valence-electron chi connectivity index (χ1n) is 15.8. The lowest BCUT2D eigenvalue weighted by atomic mass is 9.84. The minimum Gasteiger partial charge on any atom is -0.462 e. The third-order valence-corrected chi connectivity index (χ3v) is 8.80. The van der Waals surface area contributed by atoms with E-state index in [9.17, 15) is 18.8 Å². The van der Waals surface area contributed by atoms with Crippen LogP contribution in [0.25, 0.3) is 5.57 Å². The fraction of sp³-hybridized carbons (Fsp3) is 0.333. The van der Waals surface area contributed by atoms with E-state index in [-0.39, 0.29) is 35.2 Å². The number of carbonyl (C=O) groups excluding carboxylic acids is 3. The van der Waals surface area contributed by atoms with Crippen LogP contribution in [0.15, 0.2) is 71.9 Å². The Morgan fingerprint density at radius 2 is 1.85 bits per heavy atom. The van der Waals surface area contributed by atoms with Gasteiger partial charge in [0.25, 0.3) is 11.8 Å². The molecule has 0 saturated heterocycles. The van der Waals surface area contributed by atoms with Gasteiger partial charge in [0.05, 0.1) is 22.9 Å². The van der Waals surface area contributed by atoms with Crippen LogP contribution in [-0.2, 0) is 25.6 Å². The molecule has 3 aromatic carbocycles. The first-order chi connectivity index (χ1) is 22.7. The molecule has 0 spiro atoms. The summed E-state index contributed by atoms with van der Waals surface area (Å²) in [5.74, 6) is -1.70. The molecule has 3 aromatic rings. The average Bonchev–Trinajstić information content (AvgIpc) is 3.58. The second kappa shape index (κ2) is 14.1. The number of nitrogens with one attached hydrogen (secondary N) is 2. The van der Waals surface area contributed by atoms with Crippen molar-refractivity contribution in [2.24, 2.45) is 11.1 Å². The lowest BCUT2D eigenvalue weighted by Gasteiger charge is -2.38. The topological polar surface area (TPSA) is 109 Å². The highest BCUT2D eigenvalue weighted by Gasteiger charge is 2.42. The molecule has 3 heterocycles. The third kappa shape index (κ3) is 6.94. The van der Waals surface area contributed by atoms with Crippen molar-refractivity contribution in [2.75, 3.05) is 31.6 Å². The van der Waals surface area contributed by atoms with E-state index >= 15 is 0 Å². The van der Waals surface area contributed by atoms with Gasteiger partial charge in [-0.05, 0) is 84.0 Å². The maximum Gasteiger partial charge on any atom is 0.338 e. The summed E-state index contributed by atoms with van der Waals surface area (Å²) >= 11 is 5.98. The normalized spacial score (nSPS) is 19.0. The molecule has 0 saturated carbocycles. The van der Waals surface area contributed by atoms with Gasteiger partial charge in [0.1, 0.15) is 6.04 Å². The molecule has 9 nitrogen and oxygen atoms in total. The SMILES string of the molecule is CC(C)COC(=O)c1ccc(NC(=O)[C@@H]2c3cccc(C4=CCNCC4)c3CCN2C(=O)[C@H]2CC(c3cccc(Cl)c3F)=NO2)cc1. The van der Waals surface area contributed by atoms with Crippen molar-refractivity contribution >= 4 is 46.4 Å². The number of oxime groups is 1. The number of benzene rings is 3. The lowest BCUT2D eigenvalue weighted by molar-refractivity contribution is -0.148. The van der Waals surface area contributed by atoms with Crippen LogP contribution >= 0.6 is 11.6 Å². The van der Waals surface area contributed by atoms with Crippen molar-refractivity contribution in [3.8, 4) is 0 Å². The molecular weight excluding hydrogens is 623 g/mol. The lowest BCUT2D eigenvalue weighted by Crippen LogP contribution is -2.49. The number of nitrogens with zero attached hydrogens (tertiary/aromatic N) is 2. The fourth-order valence-electron chi connectivity index (χ4n) is 6.16. The minimum absolute atomic E-state index is 0.0298. The highest BCUT2D eigenvalue weighted by atomic mass is 35.5. The van der Waals surface area contributed by atoms with Gasteiger partial charge in [-0.1, -0.05) is 60.9 Å². The molecule has 2 amide bonds. The van der Waals surface area contributed by atoms with Gasteiger partial charge in [0, 0.05) is 30.8 Å². The van der Waals surface area contributed by atoms with Gasteiger partial charge in [-0.2, -0.15) is 0 Å². The molecule has 6 rings (SSSR count). The standard InChI is InChI=1S/C36H36ClFN4O5/c1-21(2)20-46-36(45)23-9-11-24(12-10-23)40-34(43)33-27-6-3-5-25(22-13-16-39-17-14-22)26(27)15-18-42(33)35(44)31-19-30(41-47-31)28-7-4-8-29(37)32(28)38/h3-13,21,31,33,39H,14-20H2,1-2H3,(H,40,43)/t31-,33+/m1/s1. The second-order valence-electron chi connectivity index (χ2n) is 12.2. The molecule has 47 heavy (non-hydrogen) atoms. The van der Waals surface area contributed by atoms with Gasteiger partial charge in [-0.15, -0.1) is 0 Å². The summed E-state index contributed by atoms with van der Waals surface area (Å²) in [6.45, 7) is 6.12. The molecule has 0 fully saturated rings. The van der Waals surface area contributed by atoms with Crippen LogP contribution in [0, 0.1) is 11.7 Å². The van der Waals surface area contributed by atoms with Crippen LogP contribution in [0.3, 0.4) is 0 Å². The number of fused-ring (bicyclic) bond motifs is 1. The Morgan fingerprint density at radius 3 is 2.60 bits per heavy atom. The Balaban J connectivity index is 1.27.